The summed E-state index contributed by atoms with van der Waals surface area (Å²) in [4.78, 5) is 2.46. The Kier molecular flexibility index (Phi) is 4.46. The van der Waals surface area contributed by atoms with Gasteiger partial charge >= 0.3 is 0 Å². The zero-order chi connectivity index (χ0) is 17.2. The van der Waals surface area contributed by atoms with Crippen LogP contribution in [0.3, 0.4) is 0 Å². The third-order valence-electron chi connectivity index (χ3n) is 4.83. The van der Waals surface area contributed by atoms with E-state index >= 15 is 0 Å². The van der Waals surface area contributed by atoms with Crippen molar-refractivity contribution in [3.63, 3.8) is 0 Å². The smallest absolute Gasteiger partial charge is 0.0442 e. The molecule has 2 heteroatoms. The van der Waals surface area contributed by atoms with E-state index in [1.165, 1.54) is 33.6 Å². The topological polar surface area (TPSA) is 3.24 Å². The molecule has 0 saturated heterocycles. The average Bonchev–Trinajstić information content (AvgIpc) is 3.06. The molecule has 1 aliphatic rings. The van der Waals surface area contributed by atoms with Crippen LogP contribution in [0, 0.1) is 0 Å². The van der Waals surface area contributed by atoms with Crippen LogP contribution in [-0.4, -0.2) is 6.54 Å². The maximum atomic E-state index is 3.59. The Balaban J connectivity index is 1.87. The zero-order valence-corrected chi connectivity index (χ0v) is 15.8. The zero-order valence-electron chi connectivity index (χ0n) is 14.2. The van der Waals surface area contributed by atoms with Crippen LogP contribution in [-0.2, 0) is 6.42 Å². The predicted octanol–water partition coefficient (Wildman–Crippen LogP) is 6.29. The number of rotatable bonds is 3. The number of halogens is 1. The lowest BCUT2D eigenvalue weighted by atomic mass is 9.95. The Morgan fingerprint density at radius 2 is 1.44 bits per heavy atom. The summed E-state index contributed by atoms with van der Waals surface area (Å²) in [7, 11) is 0. The van der Waals surface area contributed by atoms with Gasteiger partial charge in [-0.2, -0.15) is 0 Å². The van der Waals surface area contributed by atoms with Gasteiger partial charge in [0.15, 0.2) is 0 Å². The SMILES string of the molecule is CC(=C(c1ccccc1)c1ccccc1)N1CCc2cc(Br)ccc21. The lowest BCUT2D eigenvalue weighted by Crippen LogP contribution is -2.19. The van der Waals surface area contributed by atoms with Crippen molar-refractivity contribution < 1.29 is 0 Å². The van der Waals surface area contributed by atoms with E-state index in [0.29, 0.717) is 0 Å². The van der Waals surface area contributed by atoms with Crippen molar-refractivity contribution in [1.82, 2.24) is 0 Å². The van der Waals surface area contributed by atoms with Gasteiger partial charge in [0.05, 0.1) is 0 Å². The van der Waals surface area contributed by atoms with E-state index in [1.54, 1.807) is 0 Å². The molecule has 0 fully saturated rings. The van der Waals surface area contributed by atoms with Crippen LogP contribution in [0.2, 0.25) is 0 Å². The molecule has 0 spiro atoms. The summed E-state index contributed by atoms with van der Waals surface area (Å²) in [6.45, 7) is 3.27. The van der Waals surface area contributed by atoms with Crippen LogP contribution in [0.25, 0.3) is 5.57 Å². The molecule has 0 N–H and O–H groups in total. The average molecular weight is 390 g/mol. The van der Waals surface area contributed by atoms with Gasteiger partial charge in [-0.15, -0.1) is 0 Å². The molecule has 0 amide bonds. The van der Waals surface area contributed by atoms with Gasteiger partial charge in [0.2, 0.25) is 0 Å². The van der Waals surface area contributed by atoms with Crippen molar-refractivity contribution in [2.45, 2.75) is 13.3 Å². The minimum atomic E-state index is 1.03. The number of anilines is 1. The van der Waals surface area contributed by atoms with Crippen molar-refractivity contribution in [2.24, 2.45) is 0 Å². The lowest BCUT2D eigenvalue weighted by molar-refractivity contribution is 0.946. The summed E-state index contributed by atoms with van der Waals surface area (Å²) in [5.41, 5.74) is 7.86. The number of hydrogen-bond acceptors (Lipinski definition) is 1. The normalized spacial score (nSPS) is 12.8. The summed E-state index contributed by atoms with van der Waals surface area (Å²) in [6, 6.07) is 28.0. The number of hydrogen-bond donors (Lipinski definition) is 0. The van der Waals surface area contributed by atoms with E-state index in [0.717, 1.165) is 17.4 Å². The molecule has 1 aliphatic heterocycles. The van der Waals surface area contributed by atoms with Crippen LogP contribution < -0.4 is 4.90 Å². The standard InChI is InChI=1S/C23H20BrN/c1-17(25-15-14-20-16-21(24)12-13-22(20)25)23(18-8-4-2-5-9-18)19-10-6-3-7-11-19/h2-13,16H,14-15H2,1H3. The molecule has 0 saturated carbocycles. The molecule has 0 aliphatic carbocycles. The molecule has 0 aromatic heterocycles. The van der Waals surface area contributed by atoms with Gasteiger partial charge in [-0.25, -0.2) is 0 Å². The van der Waals surface area contributed by atoms with Crippen molar-refractivity contribution in [3.05, 3.63) is 106 Å². The van der Waals surface area contributed by atoms with Crippen LogP contribution in [0.4, 0.5) is 5.69 Å². The first-order valence-corrected chi connectivity index (χ1v) is 9.41. The van der Waals surface area contributed by atoms with Crippen LogP contribution in [0.15, 0.2) is 89.0 Å². The highest BCUT2D eigenvalue weighted by atomic mass is 79.9. The van der Waals surface area contributed by atoms with Gasteiger partial charge in [0.25, 0.3) is 0 Å². The quantitative estimate of drug-likeness (QED) is 0.508. The van der Waals surface area contributed by atoms with E-state index in [4.69, 9.17) is 0 Å². The van der Waals surface area contributed by atoms with Crippen LogP contribution in [0.1, 0.15) is 23.6 Å². The summed E-state index contributed by atoms with van der Waals surface area (Å²) < 4.78 is 1.15. The summed E-state index contributed by atoms with van der Waals surface area (Å²) >= 11 is 3.59. The fourth-order valence-corrected chi connectivity index (χ4v) is 4.06. The number of fused-ring (bicyclic) bond motifs is 1. The largest absolute Gasteiger partial charge is 0.344 e. The van der Waals surface area contributed by atoms with Crippen molar-refractivity contribution in [3.8, 4) is 0 Å². The second kappa shape index (κ2) is 6.89. The van der Waals surface area contributed by atoms with Gasteiger partial charge in [-0.05, 0) is 48.2 Å². The third-order valence-corrected chi connectivity index (χ3v) is 5.32. The minimum absolute atomic E-state index is 1.03. The summed E-state index contributed by atoms with van der Waals surface area (Å²) in [5, 5.41) is 0. The lowest BCUT2D eigenvalue weighted by Gasteiger charge is -2.24. The minimum Gasteiger partial charge on any atom is -0.344 e. The fraction of sp³-hybridized carbons (Fsp3) is 0.130. The van der Waals surface area contributed by atoms with Gasteiger partial charge in [-0.3, -0.25) is 0 Å². The third kappa shape index (κ3) is 3.14. The van der Waals surface area contributed by atoms with E-state index in [9.17, 15) is 0 Å². The first kappa shape index (κ1) is 16.2. The Bertz CT molecular complexity index is 872. The van der Waals surface area contributed by atoms with Crippen LogP contribution >= 0.6 is 15.9 Å². The molecule has 3 aromatic rings. The summed E-state index contributed by atoms with van der Waals surface area (Å²) in [5.74, 6) is 0. The van der Waals surface area contributed by atoms with Gasteiger partial charge in [-0.1, -0.05) is 76.6 Å². The molecule has 124 valence electrons. The monoisotopic (exact) mass is 389 g/mol. The molecule has 0 atom stereocenters. The first-order valence-electron chi connectivity index (χ1n) is 8.62. The second-order valence-corrected chi connectivity index (χ2v) is 7.28. The van der Waals surface area contributed by atoms with E-state index in [-0.39, 0.29) is 0 Å². The molecular formula is C23H20BrN. The second-order valence-electron chi connectivity index (χ2n) is 6.37. The van der Waals surface area contributed by atoms with Crippen molar-refractivity contribution >= 4 is 27.2 Å². The molecule has 0 unspecified atom stereocenters. The van der Waals surface area contributed by atoms with Crippen molar-refractivity contribution in [2.75, 3.05) is 11.4 Å². The molecule has 4 rings (SSSR count). The molecular weight excluding hydrogens is 370 g/mol. The molecule has 25 heavy (non-hydrogen) atoms. The molecule has 3 aromatic carbocycles. The Labute approximate surface area is 157 Å². The fourth-order valence-electron chi connectivity index (χ4n) is 3.65. The number of benzene rings is 3. The molecule has 0 radical (unpaired) electrons. The van der Waals surface area contributed by atoms with E-state index < -0.39 is 0 Å². The maximum Gasteiger partial charge on any atom is 0.0442 e. The highest BCUT2D eigenvalue weighted by Crippen LogP contribution is 2.37. The highest BCUT2D eigenvalue weighted by Gasteiger charge is 2.23. The Morgan fingerprint density at radius 3 is 2.04 bits per heavy atom. The Morgan fingerprint density at radius 1 is 0.840 bits per heavy atom. The number of nitrogens with zero attached hydrogens (tertiary/aromatic N) is 1. The predicted molar refractivity (Wildman–Crippen MR) is 110 cm³/mol. The maximum absolute atomic E-state index is 3.59. The van der Waals surface area contributed by atoms with Crippen molar-refractivity contribution in [1.29, 1.82) is 0 Å². The first-order chi connectivity index (χ1) is 12.2. The molecule has 1 heterocycles. The molecule has 0 bridgehead atoms. The Hall–Kier alpha value is -2.32. The van der Waals surface area contributed by atoms with Gasteiger partial charge < -0.3 is 4.90 Å². The van der Waals surface area contributed by atoms with Crippen LogP contribution in [0.5, 0.6) is 0 Å². The number of allylic oxidation sites excluding steroid dienone is 1. The van der Waals surface area contributed by atoms with Gasteiger partial charge in [0.1, 0.15) is 0 Å². The van der Waals surface area contributed by atoms with E-state index in [1.807, 2.05) is 0 Å². The van der Waals surface area contributed by atoms with Gasteiger partial charge in [0, 0.05) is 28.0 Å². The summed E-state index contributed by atoms with van der Waals surface area (Å²) in [6.07, 6.45) is 1.09. The molecule has 1 nitrogen and oxygen atoms in total. The van der Waals surface area contributed by atoms with E-state index in [2.05, 4.69) is 107 Å². The highest BCUT2D eigenvalue weighted by molar-refractivity contribution is 9.10.